The highest BCUT2D eigenvalue weighted by Gasteiger charge is 2.32. The molecule has 1 N–H and O–H groups in total. The molecular weight excluding hydrogens is 478 g/mol. The Balaban J connectivity index is 1.60. The summed E-state index contributed by atoms with van der Waals surface area (Å²) in [6, 6.07) is 10.5. The molecular formula is C24H20F2N4O2S2. The van der Waals surface area contributed by atoms with Crippen LogP contribution >= 0.6 is 23.6 Å². The Bertz CT molecular complexity index is 1320. The van der Waals surface area contributed by atoms with Gasteiger partial charge >= 0.3 is 0 Å². The first-order chi connectivity index (χ1) is 16.2. The van der Waals surface area contributed by atoms with E-state index in [1.807, 2.05) is 24.3 Å². The number of thiocarbonyl (C=S) groups is 1. The van der Waals surface area contributed by atoms with Crippen LogP contribution in [0, 0.1) is 11.6 Å². The lowest BCUT2D eigenvalue weighted by Crippen LogP contribution is -2.30. The lowest BCUT2D eigenvalue weighted by molar-refractivity contribution is -0.116. The molecule has 0 unspecified atom stereocenters. The maximum atomic E-state index is 14.3. The molecule has 0 spiro atoms. The van der Waals surface area contributed by atoms with Gasteiger partial charge in [0.15, 0.2) is 10.2 Å². The van der Waals surface area contributed by atoms with Crippen molar-refractivity contribution in [2.45, 2.75) is 26.7 Å². The summed E-state index contributed by atoms with van der Waals surface area (Å²) in [5.41, 5.74) is 2.27. The fraction of sp³-hybridized carbons (Fsp3) is 0.167. The van der Waals surface area contributed by atoms with Gasteiger partial charge in [0.05, 0.1) is 17.1 Å². The van der Waals surface area contributed by atoms with E-state index >= 15 is 0 Å². The molecule has 2 amide bonds. The molecule has 34 heavy (non-hydrogen) atoms. The molecule has 0 radical (unpaired) electrons. The van der Waals surface area contributed by atoms with E-state index in [1.165, 1.54) is 24.0 Å². The molecule has 10 heteroatoms. The molecule has 0 bridgehead atoms. The molecule has 4 rings (SSSR count). The van der Waals surface area contributed by atoms with Gasteiger partial charge in [0, 0.05) is 18.4 Å². The summed E-state index contributed by atoms with van der Waals surface area (Å²) in [6.45, 7) is 5.43. The van der Waals surface area contributed by atoms with E-state index in [0.717, 1.165) is 27.9 Å². The standard InChI is InChI=1S/C24H20F2N4O2S2/c1-13(2)15-4-7-18(8-5-15)30-22(32)20(28-23(30)33)11-17-12-34-24(27-17)29(14(3)31)21-9-6-16(25)10-19(21)26/h4-13H,1-3H3,(H,28,33)/b20-11+. The molecule has 0 saturated carbocycles. The molecule has 1 saturated heterocycles. The van der Waals surface area contributed by atoms with Gasteiger partial charge in [0.25, 0.3) is 5.91 Å². The molecule has 1 aliphatic heterocycles. The highest BCUT2D eigenvalue weighted by molar-refractivity contribution is 7.80. The van der Waals surface area contributed by atoms with Crippen LogP contribution in [0.25, 0.3) is 6.08 Å². The maximum absolute atomic E-state index is 14.3. The van der Waals surface area contributed by atoms with Crippen LogP contribution in [0.3, 0.4) is 0 Å². The maximum Gasteiger partial charge on any atom is 0.281 e. The quantitative estimate of drug-likeness (QED) is 0.372. The minimum atomic E-state index is -0.887. The molecule has 174 valence electrons. The van der Waals surface area contributed by atoms with Gasteiger partial charge in [0.2, 0.25) is 5.91 Å². The Labute approximate surface area is 204 Å². The number of nitrogens with zero attached hydrogens (tertiary/aromatic N) is 3. The molecule has 6 nitrogen and oxygen atoms in total. The lowest BCUT2D eigenvalue weighted by Gasteiger charge is -2.18. The van der Waals surface area contributed by atoms with Crippen molar-refractivity contribution in [2.24, 2.45) is 0 Å². The van der Waals surface area contributed by atoms with Gasteiger partial charge in [-0.2, -0.15) is 0 Å². The van der Waals surface area contributed by atoms with Crippen molar-refractivity contribution in [3.05, 3.63) is 76.4 Å². The summed E-state index contributed by atoms with van der Waals surface area (Å²) in [5, 5.41) is 4.94. The molecule has 1 aliphatic rings. The first kappa shape index (κ1) is 23.7. The van der Waals surface area contributed by atoms with Gasteiger partial charge in [-0.15, -0.1) is 11.3 Å². The SMILES string of the molecule is CC(=O)N(c1nc(/C=C2/NC(=S)N(c3ccc(C(C)C)cc3)C2=O)cs1)c1ccc(F)cc1F. The average Bonchev–Trinajstić information content (AvgIpc) is 3.34. The predicted octanol–water partition coefficient (Wildman–Crippen LogP) is 5.49. The summed E-state index contributed by atoms with van der Waals surface area (Å²) in [6.07, 6.45) is 1.51. The number of thiazole rings is 1. The highest BCUT2D eigenvalue weighted by Crippen LogP contribution is 2.32. The minimum absolute atomic E-state index is 0.116. The number of nitrogens with one attached hydrogen (secondary N) is 1. The summed E-state index contributed by atoms with van der Waals surface area (Å²) >= 11 is 6.44. The Morgan fingerprint density at radius 2 is 1.91 bits per heavy atom. The third-order valence-electron chi connectivity index (χ3n) is 5.16. The number of aromatic nitrogens is 1. The van der Waals surface area contributed by atoms with E-state index < -0.39 is 17.5 Å². The summed E-state index contributed by atoms with van der Waals surface area (Å²) in [7, 11) is 0. The number of amides is 2. The van der Waals surface area contributed by atoms with Crippen LogP contribution in [-0.2, 0) is 9.59 Å². The van der Waals surface area contributed by atoms with Crippen molar-refractivity contribution in [1.29, 1.82) is 0 Å². The van der Waals surface area contributed by atoms with E-state index in [9.17, 15) is 18.4 Å². The van der Waals surface area contributed by atoms with Crippen LogP contribution in [0.2, 0.25) is 0 Å². The second-order valence-electron chi connectivity index (χ2n) is 7.88. The minimum Gasteiger partial charge on any atom is -0.327 e. The first-order valence-corrected chi connectivity index (χ1v) is 11.6. The number of anilines is 3. The highest BCUT2D eigenvalue weighted by atomic mass is 32.1. The zero-order chi connectivity index (χ0) is 24.6. The zero-order valence-electron chi connectivity index (χ0n) is 18.5. The Kier molecular flexibility index (Phi) is 6.54. The van der Waals surface area contributed by atoms with E-state index in [0.29, 0.717) is 23.4 Å². The van der Waals surface area contributed by atoms with E-state index in [2.05, 4.69) is 24.1 Å². The number of hydrogen-bond donors (Lipinski definition) is 1. The largest absolute Gasteiger partial charge is 0.327 e. The van der Waals surface area contributed by atoms with Gasteiger partial charge in [-0.25, -0.2) is 13.8 Å². The van der Waals surface area contributed by atoms with Gasteiger partial charge in [0.1, 0.15) is 17.3 Å². The first-order valence-electron chi connectivity index (χ1n) is 10.3. The van der Waals surface area contributed by atoms with E-state index in [4.69, 9.17) is 12.2 Å². The van der Waals surface area contributed by atoms with E-state index in [1.54, 1.807) is 5.38 Å². The predicted molar refractivity (Wildman–Crippen MR) is 133 cm³/mol. The molecule has 2 aromatic carbocycles. The average molecular weight is 499 g/mol. The second kappa shape index (κ2) is 9.40. The monoisotopic (exact) mass is 498 g/mol. The topological polar surface area (TPSA) is 65.5 Å². The summed E-state index contributed by atoms with van der Waals surface area (Å²) in [4.78, 5) is 32.1. The number of benzene rings is 2. The number of rotatable bonds is 5. The fourth-order valence-corrected chi connectivity index (χ4v) is 4.58. The van der Waals surface area contributed by atoms with E-state index in [-0.39, 0.29) is 27.5 Å². The molecule has 1 fully saturated rings. The number of hydrogen-bond acceptors (Lipinski definition) is 5. The number of halogens is 2. The van der Waals surface area contributed by atoms with Gasteiger partial charge in [-0.3, -0.25) is 19.4 Å². The lowest BCUT2D eigenvalue weighted by atomic mass is 10.0. The Morgan fingerprint density at radius 3 is 2.53 bits per heavy atom. The normalized spacial score (nSPS) is 14.8. The second-order valence-corrected chi connectivity index (χ2v) is 9.10. The van der Waals surface area contributed by atoms with Crippen molar-refractivity contribution >= 4 is 63.1 Å². The van der Waals surface area contributed by atoms with Crippen LogP contribution in [0.4, 0.5) is 25.3 Å². The molecule has 0 aliphatic carbocycles. The molecule has 2 heterocycles. The van der Waals surface area contributed by atoms with Gasteiger partial charge in [-0.1, -0.05) is 26.0 Å². The third kappa shape index (κ3) is 4.59. The third-order valence-corrected chi connectivity index (χ3v) is 6.28. The smallest absolute Gasteiger partial charge is 0.281 e. The van der Waals surface area contributed by atoms with Crippen molar-refractivity contribution in [1.82, 2.24) is 10.3 Å². The van der Waals surface area contributed by atoms with Gasteiger partial charge in [-0.05, 0) is 54.0 Å². The van der Waals surface area contributed by atoms with Crippen LogP contribution in [0.15, 0.2) is 53.5 Å². The van der Waals surface area contributed by atoms with Crippen LogP contribution < -0.4 is 15.1 Å². The Hall–Kier alpha value is -3.50. The van der Waals surface area contributed by atoms with Crippen LogP contribution in [0.1, 0.15) is 37.9 Å². The van der Waals surface area contributed by atoms with Crippen LogP contribution in [-0.4, -0.2) is 21.9 Å². The Morgan fingerprint density at radius 1 is 1.21 bits per heavy atom. The van der Waals surface area contributed by atoms with Crippen molar-refractivity contribution in [2.75, 3.05) is 9.80 Å². The van der Waals surface area contributed by atoms with Crippen LogP contribution in [0.5, 0.6) is 0 Å². The van der Waals surface area contributed by atoms with Crippen molar-refractivity contribution in [3.8, 4) is 0 Å². The van der Waals surface area contributed by atoms with Crippen molar-refractivity contribution in [3.63, 3.8) is 0 Å². The number of carbonyl (C=O) groups excluding carboxylic acids is 2. The van der Waals surface area contributed by atoms with Crippen molar-refractivity contribution < 1.29 is 18.4 Å². The van der Waals surface area contributed by atoms with Gasteiger partial charge < -0.3 is 5.32 Å². The fourth-order valence-electron chi connectivity index (χ4n) is 3.44. The number of carbonyl (C=O) groups is 2. The zero-order valence-corrected chi connectivity index (χ0v) is 20.1. The summed E-state index contributed by atoms with van der Waals surface area (Å²) < 4.78 is 27.6. The molecule has 3 aromatic rings. The molecule has 1 aromatic heterocycles. The molecule has 0 atom stereocenters. The summed E-state index contributed by atoms with van der Waals surface area (Å²) in [5.74, 6) is -2.11.